The Balaban J connectivity index is 2.28. The highest BCUT2D eigenvalue weighted by Crippen LogP contribution is 2.60. The molecule has 1 aliphatic heterocycles. The minimum Gasteiger partial charge on any atom is -0.491 e. The van der Waals surface area contributed by atoms with Gasteiger partial charge < -0.3 is 14.2 Å². The first kappa shape index (κ1) is 15.8. The average Bonchev–Trinajstić information content (AvgIpc) is 3.07. The number of benzene rings is 1. The van der Waals surface area contributed by atoms with E-state index in [0.29, 0.717) is 0 Å². The minimum absolute atomic E-state index is 0.0292. The zero-order valence-electron chi connectivity index (χ0n) is 13.6. The summed E-state index contributed by atoms with van der Waals surface area (Å²) in [5.41, 5.74) is -0.593. The van der Waals surface area contributed by atoms with Crippen molar-refractivity contribution in [2.75, 3.05) is 7.11 Å². The number of esters is 1. The van der Waals surface area contributed by atoms with Gasteiger partial charge in [0.1, 0.15) is 11.4 Å². The molecular formula is C17H24O4. The van der Waals surface area contributed by atoms with Gasteiger partial charge >= 0.3 is 5.97 Å². The topological polar surface area (TPSA) is 48.1 Å². The maximum atomic E-state index is 12.2. The molecule has 1 saturated heterocycles. The van der Waals surface area contributed by atoms with Gasteiger partial charge in [0.05, 0.1) is 13.2 Å². The Morgan fingerprint density at radius 3 is 2.14 bits per heavy atom. The summed E-state index contributed by atoms with van der Waals surface area (Å²) in [5.74, 6) is 0.523. The summed E-state index contributed by atoms with van der Waals surface area (Å²) in [7, 11) is 1.40. The molecule has 1 heterocycles. The lowest BCUT2D eigenvalue weighted by Gasteiger charge is -2.19. The van der Waals surface area contributed by atoms with E-state index in [9.17, 15) is 4.79 Å². The smallest absolute Gasteiger partial charge is 0.341 e. The molecule has 0 radical (unpaired) electrons. The summed E-state index contributed by atoms with van der Waals surface area (Å²) >= 11 is 0. The van der Waals surface area contributed by atoms with Crippen molar-refractivity contribution < 1.29 is 19.0 Å². The summed E-state index contributed by atoms with van der Waals surface area (Å²) in [6.07, 6.45) is 0.133. The largest absolute Gasteiger partial charge is 0.491 e. The first-order chi connectivity index (χ1) is 9.77. The second kappa shape index (κ2) is 5.34. The van der Waals surface area contributed by atoms with E-state index in [1.165, 1.54) is 7.11 Å². The van der Waals surface area contributed by atoms with Crippen LogP contribution in [0.1, 0.15) is 40.2 Å². The number of carbonyl (C=O) groups excluding carboxylic acids is 1. The number of hydrogen-bond acceptors (Lipinski definition) is 4. The van der Waals surface area contributed by atoms with Gasteiger partial charge in [-0.15, -0.1) is 0 Å². The highest BCUT2D eigenvalue weighted by molar-refractivity contribution is 5.85. The van der Waals surface area contributed by atoms with Gasteiger partial charge in [-0.25, -0.2) is 4.79 Å². The molecular weight excluding hydrogens is 268 g/mol. The molecule has 2 unspecified atom stereocenters. The first-order valence-corrected chi connectivity index (χ1v) is 7.33. The number of rotatable bonds is 5. The van der Waals surface area contributed by atoms with Crippen molar-refractivity contribution >= 4 is 5.97 Å². The van der Waals surface area contributed by atoms with Crippen LogP contribution in [0.2, 0.25) is 0 Å². The molecule has 1 aromatic carbocycles. The van der Waals surface area contributed by atoms with Crippen LogP contribution in [0.4, 0.5) is 0 Å². The fraction of sp³-hybridized carbons (Fsp3) is 0.588. The minimum atomic E-state index is -0.901. The van der Waals surface area contributed by atoms with Crippen LogP contribution in [-0.2, 0) is 19.9 Å². The molecule has 0 spiro atoms. The fourth-order valence-corrected chi connectivity index (χ4v) is 2.99. The Labute approximate surface area is 126 Å². The fourth-order valence-electron chi connectivity index (χ4n) is 2.99. The third-order valence-corrected chi connectivity index (χ3v) is 4.11. The Kier molecular flexibility index (Phi) is 4.02. The van der Waals surface area contributed by atoms with E-state index in [0.717, 1.165) is 11.3 Å². The highest BCUT2D eigenvalue weighted by Gasteiger charge is 2.75. The number of hydrogen-bond donors (Lipinski definition) is 0. The van der Waals surface area contributed by atoms with Gasteiger partial charge in [0, 0.05) is 0 Å². The van der Waals surface area contributed by atoms with Crippen molar-refractivity contribution in [2.45, 2.75) is 51.9 Å². The Hall–Kier alpha value is -1.55. The molecule has 2 atom stereocenters. The predicted octanol–water partition coefficient (Wildman–Crippen LogP) is 3.29. The zero-order valence-corrected chi connectivity index (χ0v) is 13.6. The molecule has 1 aliphatic rings. The van der Waals surface area contributed by atoms with Gasteiger partial charge in [-0.05, 0) is 44.4 Å². The Bertz CT molecular complexity index is 520. The van der Waals surface area contributed by atoms with Crippen LogP contribution in [-0.4, -0.2) is 24.8 Å². The molecule has 1 aromatic rings. The van der Waals surface area contributed by atoms with Gasteiger partial charge in [0.15, 0.2) is 0 Å². The standard InChI is InChI=1S/C17H24O4/c1-11(2)17(15(18)19-6)16(5,21-17)13-7-9-14(10-8-13)20-12(3)4/h7-12H,1-6H3. The summed E-state index contributed by atoms with van der Waals surface area (Å²) in [6.45, 7) is 9.85. The molecule has 21 heavy (non-hydrogen) atoms. The van der Waals surface area contributed by atoms with E-state index < -0.39 is 11.2 Å². The normalized spacial score (nSPS) is 27.8. The monoisotopic (exact) mass is 292 g/mol. The lowest BCUT2D eigenvalue weighted by molar-refractivity contribution is -0.148. The molecule has 0 aromatic heterocycles. The Morgan fingerprint density at radius 2 is 1.71 bits per heavy atom. The van der Waals surface area contributed by atoms with Crippen LogP contribution >= 0.6 is 0 Å². The summed E-state index contributed by atoms with van der Waals surface area (Å²) in [6, 6.07) is 7.71. The molecule has 4 heteroatoms. The summed E-state index contributed by atoms with van der Waals surface area (Å²) in [4.78, 5) is 12.2. The van der Waals surface area contributed by atoms with Crippen molar-refractivity contribution in [3.05, 3.63) is 29.8 Å². The molecule has 0 amide bonds. The third-order valence-electron chi connectivity index (χ3n) is 4.11. The van der Waals surface area contributed by atoms with Crippen molar-refractivity contribution in [3.63, 3.8) is 0 Å². The van der Waals surface area contributed by atoms with Crippen LogP contribution in [0, 0.1) is 5.92 Å². The lowest BCUT2D eigenvalue weighted by Crippen LogP contribution is -2.37. The van der Waals surface area contributed by atoms with Crippen molar-refractivity contribution in [1.82, 2.24) is 0 Å². The summed E-state index contributed by atoms with van der Waals surface area (Å²) in [5, 5.41) is 0. The van der Waals surface area contributed by atoms with E-state index in [4.69, 9.17) is 14.2 Å². The second-order valence-corrected chi connectivity index (χ2v) is 6.21. The van der Waals surface area contributed by atoms with E-state index in [1.54, 1.807) is 0 Å². The van der Waals surface area contributed by atoms with E-state index in [2.05, 4.69) is 0 Å². The zero-order chi connectivity index (χ0) is 15.8. The molecule has 1 fully saturated rings. The molecule has 0 N–H and O–H groups in total. The van der Waals surface area contributed by atoms with E-state index in [1.807, 2.05) is 58.9 Å². The number of epoxide rings is 1. The molecule has 2 rings (SSSR count). The average molecular weight is 292 g/mol. The van der Waals surface area contributed by atoms with Crippen LogP contribution in [0.5, 0.6) is 5.75 Å². The number of methoxy groups -OCH3 is 1. The molecule has 0 saturated carbocycles. The Morgan fingerprint density at radius 1 is 1.14 bits per heavy atom. The van der Waals surface area contributed by atoms with Crippen molar-refractivity contribution in [3.8, 4) is 5.75 Å². The van der Waals surface area contributed by atoms with Crippen LogP contribution in [0.3, 0.4) is 0 Å². The van der Waals surface area contributed by atoms with Gasteiger partial charge in [0.25, 0.3) is 0 Å². The maximum absolute atomic E-state index is 12.2. The van der Waals surface area contributed by atoms with Gasteiger partial charge in [-0.2, -0.15) is 0 Å². The SMILES string of the molecule is COC(=O)C1(C(C)C)OC1(C)c1ccc(OC(C)C)cc1. The first-order valence-electron chi connectivity index (χ1n) is 7.33. The van der Waals surface area contributed by atoms with Crippen LogP contribution in [0.15, 0.2) is 24.3 Å². The van der Waals surface area contributed by atoms with Crippen molar-refractivity contribution in [2.24, 2.45) is 5.92 Å². The molecule has 116 valence electrons. The molecule has 0 aliphatic carbocycles. The predicted molar refractivity (Wildman–Crippen MR) is 80.2 cm³/mol. The highest BCUT2D eigenvalue weighted by atomic mass is 16.7. The number of ether oxygens (including phenoxy) is 3. The van der Waals surface area contributed by atoms with Gasteiger partial charge in [-0.3, -0.25) is 0 Å². The maximum Gasteiger partial charge on any atom is 0.341 e. The second-order valence-electron chi connectivity index (χ2n) is 6.21. The van der Waals surface area contributed by atoms with Gasteiger partial charge in [0.2, 0.25) is 5.60 Å². The summed E-state index contributed by atoms with van der Waals surface area (Å²) < 4.78 is 16.5. The van der Waals surface area contributed by atoms with E-state index in [-0.39, 0.29) is 18.0 Å². The van der Waals surface area contributed by atoms with Crippen LogP contribution in [0.25, 0.3) is 0 Å². The third kappa shape index (κ3) is 2.42. The van der Waals surface area contributed by atoms with Gasteiger partial charge in [-0.1, -0.05) is 26.0 Å². The van der Waals surface area contributed by atoms with E-state index >= 15 is 0 Å². The number of carbonyl (C=O) groups is 1. The quantitative estimate of drug-likeness (QED) is 0.617. The molecule has 0 bridgehead atoms. The molecule has 4 nitrogen and oxygen atoms in total. The lowest BCUT2D eigenvalue weighted by atomic mass is 9.80. The van der Waals surface area contributed by atoms with Crippen molar-refractivity contribution in [1.29, 1.82) is 0 Å². The van der Waals surface area contributed by atoms with Crippen LogP contribution < -0.4 is 4.74 Å².